The molecule has 1 aliphatic carbocycles. The van der Waals surface area contributed by atoms with Crippen molar-refractivity contribution in [3.05, 3.63) is 53.2 Å². The van der Waals surface area contributed by atoms with Crippen molar-refractivity contribution in [2.24, 2.45) is 0 Å². The lowest BCUT2D eigenvalue weighted by Gasteiger charge is -2.37. The van der Waals surface area contributed by atoms with E-state index >= 15 is 0 Å². The zero-order valence-corrected chi connectivity index (χ0v) is 18.7. The van der Waals surface area contributed by atoms with Gasteiger partial charge in [-0.05, 0) is 49.6 Å². The van der Waals surface area contributed by atoms with Gasteiger partial charge in [-0.1, -0.05) is 12.1 Å². The fourth-order valence-electron chi connectivity index (χ4n) is 4.38. The van der Waals surface area contributed by atoms with E-state index in [1.165, 1.54) is 35.1 Å². The Hall–Kier alpha value is -2.81. The second-order valence-corrected chi connectivity index (χ2v) is 8.72. The van der Waals surface area contributed by atoms with Crippen LogP contribution in [0, 0.1) is 0 Å². The number of benzene rings is 1. The first-order valence-electron chi connectivity index (χ1n) is 11.3. The van der Waals surface area contributed by atoms with Crippen molar-refractivity contribution < 1.29 is 22.7 Å². The van der Waals surface area contributed by atoms with Crippen molar-refractivity contribution in [3.63, 3.8) is 0 Å². The number of likely N-dealkylation sites (N-methyl/N-ethyl adjacent to an activating group) is 1. The number of anilines is 1. The average Bonchev–Trinajstić information content (AvgIpc) is 2.79. The summed E-state index contributed by atoms with van der Waals surface area (Å²) < 4.78 is 41.7. The number of ether oxygens (including phenoxy) is 1. The van der Waals surface area contributed by atoms with Crippen molar-refractivity contribution in [1.29, 1.82) is 0 Å². The van der Waals surface area contributed by atoms with Crippen LogP contribution in [0.1, 0.15) is 34.3 Å². The third-order valence-electron chi connectivity index (χ3n) is 6.27. The predicted molar refractivity (Wildman–Crippen MR) is 120 cm³/mol. The second kappa shape index (κ2) is 9.99. The van der Waals surface area contributed by atoms with E-state index in [4.69, 9.17) is 4.74 Å². The van der Waals surface area contributed by atoms with Gasteiger partial charge in [-0.3, -0.25) is 4.79 Å². The number of fused-ring (bicyclic) bond motifs is 1. The van der Waals surface area contributed by atoms with Gasteiger partial charge < -0.3 is 19.9 Å². The molecule has 1 N–H and O–H groups in total. The Labute approximate surface area is 191 Å². The number of amides is 1. The summed E-state index contributed by atoms with van der Waals surface area (Å²) in [6, 6.07) is 9.44. The maximum absolute atomic E-state index is 12.7. The van der Waals surface area contributed by atoms with Crippen molar-refractivity contribution in [2.45, 2.75) is 37.9 Å². The zero-order chi connectivity index (χ0) is 23.4. The Morgan fingerprint density at radius 2 is 1.97 bits per heavy atom. The number of rotatable bonds is 6. The summed E-state index contributed by atoms with van der Waals surface area (Å²) in [5, 5.41) is 3.10. The number of carbonyl (C=O) groups excluding carboxylic acids is 1. The first kappa shape index (κ1) is 23.4. The van der Waals surface area contributed by atoms with Crippen LogP contribution >= 0.6 is 0 Å². The Bertz CT molecular complexity index is 957. The molecule has 1 amide bonds. The monoisotopic (exact) mass is 462 g/mol. The summed E-state index contributed by atoms with van der Waals surface area (Å²) in [5.41, 5.74) is 4.28. The highest BCUT2D eigenvalue weighted by Gasteiger charge is 2.27. The number of aromatic nitrogens is 1. The molecule has 1 fully saturated rings. The molecule has 2 aliphatic rings. The van der Waals surface area contributed by atoms with Crippen LogP contribution in [-0.4, -0.2) is 67.8 Å². The fourth-order valence-corrected chi connectivity index (χ4v) is 4.38. The Balaban J connectivity index is 1.36. The molecule has 2 aromatic rings. The number of carbonyl (C=O) groups is 1. The topological polar surface area (TPSA) is 57.7 Å². The number of pyridine rings is 1. The highest BCUT2D eigenvalue weighted by atomic mass is 19.4. The molecule has 0 radical (unpaired) electrons. The van der Waals surface area contributed by atoms with Crippen molar-refractivity contribution >= 4 is 11.6 Å². The molecular formula is C24H29F3N4O2. The molecule has 0 unspecified atom stereocenters. The van der Waals surface area contributed by atoms with Crippen LogP contribution in [0.4, 0.5) is 18.9 Å². The van der Waals surface area contributed by atoms with Crippen LogP contribution in [0.5, 0.6) is 5.88 Å². The van der Waals surface area contributed by atoms with E-state index in [-0.39, 0.29) is 17.8 Å². The van der Waals surface area contributed by atoms with E-state index in [0.29, 0.717) is 5.56 Å². The number of halogens is 3. The number of hydrogen-bond donors (Lipinski definition) is 1. The van der Waals surface area contributed by atoms with Gasteiger partial charge in [0.25, 0.3) is 5.91 Å². The third-order valence-corrected chi connectivity index (χ3v) is 6.27. The van der Waals surface area contributed by atoms with Crippen molar-refractivity contribution in [1.82, 2.24) is 15.2 Å². The molecule has 1 aromatic heterocycles. The van der Waals surface area contributed by atoms with Gasteiger partial charge in [0.2, 0.25) is 5.88 Å². The van der Waals surface area contributed by atoms with Crippen LogP contribution < -0.4 is 15.0 Å². The minimum Gasteiger partial charge on any atom is -0.477 e. The second-order valence-electron chi connectivity index (χ2n) is 8.72. The van der Waals surface area contributed by atoms with E-state index in [0.717, 1.165) is 45.4 Å². The lowest BCUT2D eigenvalue weighted by atomic mass is 9.86. The lowest BCUT2D eigenvalue weighted by Crippen LogP contribution is -2.45. The highest BCUT2D eigenvalue weighted by Crippen LogP contribution is 2.31. The van der Waals surface area contributed by atoms with Crippen LogP contribution in [-0.2, 0) is 12.8 Å². The molecule has 178 valence electrons. The van der Waals surface area contributed by atoms with Crippen LogP contribution in [0.15, 0.2) is 36.5 Å². The summed E-state index contributed by atoms with van der Waals surface area (Å²) in [6.45, 7) is 3.55. The molecule has 6 nitrogen and oxygen atoms in total. The van der Waals surface area contributed by atoms with Gasteiger partial charge in [0, 0.05) is 50.2 Å². The molecule has 0 spiro atoms. The number of alkyl halides is 3. The average molecular weight is 463 g/mol. The molecule has 33 heavy (non-hydrogen) atoms. The molecule has 0 bridgehead atoms. The number of aryl methyl sites for hydroxylation is 1. The van der Waals surface area contributed by atoms with E-state index < -0.39 is 19.2 Å². The summed E-state index contributed by atoms with van der Waals surface area (Å²) in [5.74, 6) is -0.172. The molecule has 1 saturated heterocycles. The van der Waals surface area contributed by atoms with Gasteiger partial charge in [-0.25, -0.2) is 4.98 Å². The van der Waals surface area contributed by atoms with E-state index in [2.05, 4.69) is 45.3 Å². The number of nitrogens with zero attached hydrogens (tertiary/aromatic N) is 3. The quantitative estimate of drug-likeness (QED) is 0.713. The van der Waals surface area contributed by atoms with Crippen molar-refractivity contribution in [3.8, 4) is 5.88 Å². The Kier molecular flexibility index (Phi) is 7.07. The smallest absolute Gasteiger partial charge is 0.392 e. The normalized spacial score (nSPS) is 19.2. The van der Waals surface area contributed by atoms with Gasteiger partial charge >= 0.3 is 6.18 Å². The van der Waals surface area contributed by atoms with Crippen LogP contribution in [0.25, 0.3) is 0 Å². The minimum atomic E-state index is -4.28. The van der Waals surface area contributed by atoms with Crippen LogP contribution in [0.2, 0.25) is 0 Å². The van der Waals surface area contributed by atoms with Crippen LogP contribution in [0.3, 0.4) is 0 Å². The Morgan fingerprint density at radius 3 is 2.67 bits per heavy atom. The number of hydrogen-bond acceptors (Lipinski definition) is 5. The van der Waals surface area contributed by atoms with Gasteiger partial charge in [-0.15, -0.1) is 0 Å². The molecule has 1 atom stereocenters. The van der Waals surface area contributed by atoms with E-state index in [1.54, 1.807) is 0 Å². The lowest BCUT2D eigenvalue weighted by molar-refractivity contribution is -0.139. The molecule has 9 heteroatoms. The largest absolute Gasteiger partial charge is 0.477 e. The SMILES string of the molecule is CN1CCN(c2cccc3c2C[C@H](NC(=O)c2ccc(OCCC(F)(F)F)nc2)CC3)CC1. The molecular weight excluding hydrogens is 433 g/mol. The predicted octanol–water partition coefficient (Wildman–Crippen LogP) is 3.45. The fraction of sp³-hybridized carbons (Fsp3) is 0.500. The maximum atomic E-state index is 12.7. The molecule has 4 rings (SSSR count). The first-order valence-corrected chi connectivity index (χ1v) is 11.3. The number of piperazine rings is 1. The molecule has 0 saturated carbocycles. The zero-order valence-electron chi connectivity index (χ0n) is 18.7. The van der Waals surface area contributed by atoms with E-state index in [9.17, 15) is 18.0 Å². The van der Waals surface area contributed by atoms with Gasteiger partial charge in [-0.2, -0.15) is 13.2 Å². The first-order chi connectivity index (χ1) is 15.8. The molecule has 1 aliphatic heterocycles. The maximum Gasteiger partial charge on any atom is 0.392 e. The van der Waals surface area contributed by atoms with Gasteiger partial charge in [0.1, 0.15) is 0 Å². The summed E-state index contributed by atoms with van der Waals surface area (Å²) in [7, 11) is 2.14. The highest BCUT2D eigenvalue weighted by molar-refractivity contribution is 5.94. The Morgan fingerprint density at radius 1 is 1.18 bits per heavy atom. The van der Waals surface area contributed by atoms with Gasteiger partial charge in [0.05, 0.1) is 18.6 Å². The number of nitrogens with one attached hydrogen (secondary N) is 1. The molecule has 2 heterocycles. The summed E-state index contributed by atoms with van der Waals surface area (Å²) >= 11 is 0. The van der Waals surface area contributed by atoms with E-state index in [1.807, 2.05) is 0 Å². The minimum absolute atomic E-state index is 0.0151. The summed E-state index contributed by atoms with van der Waals surface area (Å²) in [4.78, 5) is 21.5. The standard InChI is InChI=1S/C24H29F3N4O2/c1-30-10-12-31(13-11-30)21-4-2-3-17-5-7-19(15-20(17)21)29-23(32)18-6-8-22(28-16-18)33-14-9-24(25,26)27/h2-4,6,8,16,19H,5,7,9-15H2,1H3,(H,29,32)/t19-/m1/s1. The summed E-state index contributed by atoms with van der Waals surface area (Å²) in [6.07, 6.45) is -1.44. The molecule has 1 aromatic carbocycles. The van der Waals surface area contributed by atoms with Gasteiger partial charge in [0.15, 0.2) is 0 Å². The third kappa shape index (κ3) is 6.16. The van der Waals surface area contributed by atoms with Crippen molar-refractivity contribution in [2.75, 3.05) is 44.7 Å².